The van der Waals surface area contributed by atoms with E-state index < -0.39 is 0 Å². The molecule has 0 spiro atoms. The van der Waals surface area contributed by atoms with E-state index in [1.807, 2.05) is 60.4 Å². The van der Waals surface area contributed by atoms with Crippen molar-refractivity contribution in [1.29, 1.82) is 0 Å². The molecule has 0 atom stereocenters. The van der Waals surface area contributed by atoms with Crippen LogP contribution in [-0.4, -0.2) is 21.1 Å². The molecule has 0 aliphatic rings. The van der Waals surface area contributed by atoms with Crippen LogP contribution in [0.25, 0.3) is 33.4 Å². The number of fused-ring (bicyclic) bond motifs is 3. The van der Waals surface area contributed by atoms with E-state index in [1.165, 1.54) is 0 Å². The minimum Gasteiger partial charge on any atom is -0.298 e. The van der Waals surface area contributed by atoms with Crippen molar-refractivity contribution in [3.05, 3.63) is 90.5 Å². The quantitative estimate of drug-likeness (QED) is 0.359. The fraction of sp³-hybridized carbons (Fsp3) is 0.0435. The summed E-state index contributed by atoms with van der Waals surface area (Å²) >= 11 is 0. The molecule has 0 aliphatic carbocycles. The average Bonchev–Trinajstić information content (AvgIpc) is 3.11. The van der Waals surface area contributed by atoms with Gasteiger partial charge in [0.1, 0.15) is 12.0 Å². The van der Waals surface area contributed by atoms with Crippen LogP contribution in [0.4, 0.5) is 0 Å². The Kier molecular flexibility index (Phi) is 3.72. The van der Waals surface area contributed by atoms with E-state index >= 15 is 0 Å². The van der Waals surface area contributed by atoms with Crippen molar-refractivity contribution in [2.75, 3.05) is 0 Å². The Morgan fingerprint density at radius 2 is 1.75 bits per heavy atom. The van der Waals surface area contributed by atoms with Crippen LogP contribution in [0, 0.1) is 6.92 Å². The van der Waals surface area contributed by atoms with Crippen LogP contribution < -0.4 is 4.40 Å². The first-order valence-electron chi connectivity index (χ1n) is 9.05. The van der Waals surface area contributed by atoms with Gasteiger partial charge in [0.2, 0.25) is 0 Å². The van der Waals surface area contributed by atoms with Crippen molar-refractivity contribution in [1.82, 2.24) is 14.8 Å². The predicted octanol–water partition coefficient (Wildman–Crippen LogP) is 3.95. The molecule has 0 bridgehead atoms. The van der Waals surface area contributed by atoms with Gasteiger partial charge in [-0.15, -0.1) is 0 Å². The van der Waals surface area contributed by atoms with Gasteiger partial charge >= 0.3 is 0 Å². The van der Waals surface area contributed by atoms with E-state index in [4.69, 9.17) is 5.10 Å². The van der Waals surface area contributed by atoms with Crippen LogP contribution in [0.15, 0.2) is 79.1 Å². The summed E-state index contributed by atoms with van der Waals surface area (Å²) in [6, 6.07) is 21.8. The van der Waals surface area contributed by atoms with Crippen molar-refractivity contribution in [3.8, 4) is 16.8 Å². The number of hydrogen-bond acceptors (Lipinski definition) is 3. The Balaban J connectivity index is 1.81. The molecule has 0 unspecified atom stereocenters. The summed E-state index contributed by atoms with van der Waals surface area (Å²) in [5, 5.41) is 5.75. The number of nitrogens with zero attached hydrogens (tertiary/aromatic N) is 4. The van der Waals surface area contributed by atoms with Gasteiger partial charge in [-0.05, 0) is 42.0 Å². The van der Waals surface area contributed by atoms with Crippen molar-refractivity contribution in [3.63, 3.8) is 0 Å². The lowest BCUT2D eigenvalue weighted by Gasteiger charge is -2.04. The molecule has 134 valence electrons. The molecule has 3 heterocycles. The zero-order valence-corrected chi connectivity index (χ0v) is 15.3. The first kappa shape index (κ1) is 16.3. The lowest BCUT2D eigenvalue weighted by Crippen LogP contribution is -2.22. The van der Waals surface area contributed by atoms with Crippen LogP contribution in [0.2, 0.25) is 0 Å². The summed E-state index contributed by atoms with van der Waals surface area (Å²) in [4.78, 5) is 15.7. The molecule has 0 fully saturated rings. The minimum absolute atomic E-state index is 0.641. The summed E-state index contributed by atoms with van der Waals surface area (Å²) < 4.78 is 3.97. The standard InChI is InChI=1S/C23H17N4O/c1-16-25-27(20-9-7-17(15-28)8-10-20)23-21-13-19(18-5-3-2-4-6-18)14-24-22(21)11-12-26(16)23/h2-15H,1H3/q+1. The van der Waals surface area contributed by atoms with Crippen molar-refractivity contribution in [2.45, 2.75) is 6.92 Å². The maximum Gasteiger partial charge on any atom is 0.280 e. The van der Waals surface area contributed by atoms with Crippen LogP contribution in [0.1, 0.15) is 16.2 Å². The number of rotatable bonds is 3. The second-order valence-electron chi connectivity index (χ2n) is 6.70. The Bertz CT molecular complexity index is 1320. The number of carbonyl (C=O) groups is 1. The van der Waals surface area contributed by atoms with Gasteiger partial charge in [0.15, 0.2) is 0 Å². The number of benzene rings is 2. The van der Waals surface area contributed by atoms with E-state index in [2.05, 4.69) is 27.6 Å². The van der Waals surface area contributed by atoms with Crippen LogP contribution in [0.3, 0.4) is 0 Å². The summed E-state index contributed by atoms with van der Waals surface area (Å²) in [7, 11) is 0. The molecule has 0 N–H and O–H groups in total. The van der Waals surface area contributed by atoms with E-state index in [0.29, 0.717) is 5.56 Å². The molecule has 5 heteroatoms. The third kappa shape index (κ3) is 2.56. The SMILES string of the molecule is Cc1nn(-c2ccc(C=O)cc2)c2c3cc(-c4ccccc4)cnc3cc[n+]12. The summed E-state index contributed by atoms with van der Waals surface area (Å²) in [5.41, 5.74) is 5.57. The number of pyridine rings is 2. The highest BCUT2D eigenvalue weighted by atomic mass is 16.1. The molecule has 5 rings (SSSR count). The van der Waals surface area contributed by atoms with Gasteiger partial charge in [0.25, 0.3) is 11.5 Å². The first-order chi connectivity index (χ1) is 13.7. The molecule has 0 aliphatic heterocycles. The van der Waals surface area contributed by atoms with Crippen molar-refractivity contribution in [2.24, 2.45) is 0 Å². The molecule has 3 aromatic heterocycles. The van der Waals surface area contributed by atoms with Gasteiger partial charge in [0, 0.05) is 29.3 Å². The van der Waals surface area contributed by atoms with Crippen molar-refractivity contribution >= 4 is 22.8 Å². The van der Waals surface area contributed by atoms with Crippen LogP contribution in [-0.2, 0) is 0 Å². The van der Waals surface area contributed by atoms with Gasteiger partial charge < -0.3 is 0 Å². The average molecular weight is 365 g/mol. The smallest absolute Gasteiger partial charge is 0.280 e. The Labute approximate surface area is 161 Å². The molecule has 5 aromatic rings. The topological polar surface area (TPSA) is 51.9 Å². The van der Waals surface area contributed by atoms with Crippen molar-refractivity contribution < 1.29 is 9.20 Å². The molecule has 0 saturated heterocycles. The zero-order chi connectivity index (χ0) is 19.1. The molecular formula is C23H17N4O+. The summed E-state index contributed by atoms with van der Waals surface area (Å²) in [5.74, 6) is 0.876. The van der Waals surface area contributed by atoms with E-state index in [-0.39, 0.29) is 0 Å². The molecule has 5 nitrogen and oxygen atoms in total. The monoisotopic (exact) mass is 365 g/mol. The summed E-state index contributed by atoms with van der Waals surface area (Å²) in [6.45, 7) is 1.98. The highest BCUT2D eigenvalue weighted by molar-refractivity contribution is 5.92. The third-order valence-corrected chi connectivity index (χ3v) is 4.94. The Morgan fingerprint density at radius 1 is 0.964 bits per heavy atom. The fourth-order valence-corrected chi connectivity index (χ4v) is 3.51. The Hall–Kier alpha value is -3.86. The van der Waals surface area contributed by atoms with Gasteiger partial charge in [-0.3, -0.25) is 9.78 Å². The second-order valence-corrected chi connectivity index (χ2v) is 6.70. The second kappa shape index (κ2) is 6.39. The van der Waals surface area contributed by atoms with Gasteiger partial charge in [-0.25, -0.2) is 4.40 Å². The minimum atomic E-state index is 0.641. The van der Waals surface area contributed by atoms with Gasteiger partial charge in [-0.2, -0.15) is 0 Å². The maximum absolute atomic E-state index is 11.0. The predicted molar refractivity (Wildman–Crippen MR) is 108 cm³/mol. The fourth-order valence-electron chi connectivity index (χ4n) is 3.51. The largest absolute Gasteiger partial charge is 0.298 e. The molecular weight excluding hydrogens is 348 g/mol. The highest BCUT2D eigenvalue weighted by Crippen LogP contribution is 2.25. The number of carbonyl (C=O) groups excluding carboxylic acids is 1. The maximum atomic E-state index is 11.0. The number of aromatic nitrogens is 4. The highest BCUT2D eigenvalue weighted by Gasteiger charge is 2.21. The number of hydrogen-bond donors (Lipinski definition) is 0. The van der Waals surface area contributed by atoms with E-state index in [1.54, 1.807) is 12.1 Å². The summed E-state index contributed by atoms with van der Waals surface area (Å²) in [6.07, 6.45) is 4.74. The lowest BCUT2D eigenvalue weighted by molar-refractivity contribution is -0.519. The number of aryl methyl sites for hydroxylation is 1. The number of aldehydes is 1. The van der Waals surface area contributed by atoms with Gasteiger partial charge in [0.05, 0.1) is 17.1 Å². The molecule has 0 amide bonds. The van der Waals surface area contributed by atoms with E-state index in [9.17, 15) is 4.79 Å². The molecule has 2 aromatic carbocycles. The Morgan fingerprint density at radius 3 is 2.50 bits per heavy atom. The third-order valence-electron chi connectivity index (χ3n) is 4.94. The zero-order valence-electron chi connectivity index (χ0n) is 15.3. The van der Waals surface area contributed by atoms with Gasteiger partial charge in [-0.1, -0.05) is 35.0 Å². The molecule has 0 radical (unpaired) electrons. The normalized spacial score (nSPS) is 11.2. The van der Waals surface area contributed by atoms with Crippen LogP contribution in [0.5, 0.6) is 0 Å². The first-order valence-corrected chi connectivity index (χ1v) is 9.05. The lowest BCUT2D eigenvalue weighted by atomic mass is 10.1. The molecule has 28 heavy (non-hydrogen) atoms. The molecule has 0 saturated carbocycles. The van der Waals surface area contributed by atoms with Crippen LogP contribution >= 0.6 is 0 Å². The van der Waals surface area contributed by atoms with E-state index in [0.717, 1.165) is 45.5 Å².